The second-order valence-corrected chi connectivity index (χ2v) is 2.95. The van der Waals surface area contributed by atoms with Gasteiger partial charge in [0.15, 0.2) is 0 Å². The highest BCUT2D eigenvalue weighted by molar-refractivity contribution is 5.82. The van der Waals surface area contributed by atoms with E-state index < -0.39 is 0 Å². The van der Waals surface area contributed by atoms with E-state index in [1.54, 1.807) is 18.6 Å². The van der Waals surface area contributed by atoms with Crippen molar-refractivity contribution in [3.8, 4) is 0 Å². The van der Waals surface area contributed by atoms with E-state index >= 15 is 0 Å². The van der Waals surface area contributed by atoms with Crippen LogP contribution >= 0.6 is 0 Å². The fraction of sp³-hybridized carbons (Fsp3) is 0.333. The monoisotopic (exact) mass is 180 g/mol. The molecule has 1 heterocycles. The molecule has 13 heavy (non-hydrogen) atoms. The smallest absolute Gasteiger partial charge is 0.242 e. The second-order valence-electron chi connectivity index (χ2n) is 2.95. The lowest BCUT2D eigenvalue weighted by Crippen LogP contribution is -2.22. The highest BCUT2D eigenvalue weighted by Gasteiger charge is 2.03. The number of carbonyl (C=O) groups excluding carboxylic acids is 1. The number of hydrazone groups is 1. The quantitative estimate of drug-likeness (QED) is 0.564. The molecule has 1 aromatic rings. The maximum Gasteiger partial charge on any atom is 0.242 e. The maximum atomic E-state index is 11.0. The summed E-state index contributed by atoms with van der Waals surface area (Å²) in [6.45, 7) is 3.62. The molecule has 0 radical (unpaired) electrons. The van der Waals surface area contributed by atoms with E-state index in [9.17, 15) is 4.79 Å². The summed E-state index contributed by atoms with van der Waals surface area (Å²) in [5, 5.41) is 3.75. The number of nitrogens with one attached hydrogen (secondary N) is 1. The van der Waals surface area contributed by atoms with Crippen molar-refractivity contribution in [2.75, 3.05) is 0 Å². The zero-order chi connectivity index (χ0) is 9.68. The van der Waals surface area contributed by atoms with Crippen LogP contribution in [-0.2, 0) is 4.79 Å². The van der Waals surface area contributed by atoms with Crippen LogP contribution < -0.4 is 5.43 Å². The molecule has 0 saturated carbocycles. The minimum absolute atomic E-state index is 0.0542. The first-order valence-corrected chi connectivity index (χ1v) is 4.05. The summed E-state index contributed by atoms with van der Waals surface area (Å²) in [6, 6.07) is 1.75. The van der Waals surface area contributed by atoms with E-state index in [-0.39, 0.29) is 11.8 Å². The molecule has 0 aliphatic heterocycles. The molecule has 1 N–H and O–H groups in total. The van der Waals surface area contributed by atoms with E-state index in [1.165, 1.54) is 6.21 Å². The molecule has 70 valence electrons. The number of hydrogen-bond acceptors (Lipinski definition) is 3. The Hall–Kier alpha value is -1.58. The van der Waals surface area contributed by atoms with Crippen LogP contribution in [0.15, 0.2) is 28.1 Å². The van der Waals surface area contributed by atoms with Crippen molar-refractivity contribution in [3.63, 3.8) is 0 Å². The third-order valence-electron chi connectivity index (χ3n) is 1.46. The van der Waals surface area contributed by atoms with E-state index in [4.69, 9.17) is 4.42 Å². The molecule has 0 saturated heterocycles. The van der Waals surface area contributed by atoms with Gasteiger partial charge in [0.1, 0.15) is 0 Å². The SMILES string of the molecule is CC(C)C(=O)N/N=C\c1ccoc1. The molecule has 0 aliphatic carbocycles. The Morgan fingerprint density at radius 2 is 2.46 bits per heavy atom. The zero-order valence-corrected chi connectivity index (χ0v) is 7.65. The third-order valence-corrected chi connectivity index (χ3v) is 1.46. The minimum atomic E-state index is -0.0975. The summed E-state index contributed by atoms with van der Waals surface area (Å²) in [6.07, 6.45) is 4.63. The van der Waals surface area contributed by atoms with Gasteiger partial charge in [0.05, 0.1) is 18.7 Å². The van der Waals surface area contributed by atoms with Crippen LogP contribution in [0.1, 0.15) is 19.4 Å². The van der Waals surface area contributed by atoms with Crippen molar-refractivity contribution in [2.24, 2.45) is 11.0 Å². The molecule has 0 aliphatic rings. The van der Waals surface area contributed by atoms with Crippen LogP contribution in [0.5, 0.6) is 0 Å². The van der Waals surface area contributed by atoms with Gasteiger partial charge in [-0.3, -0.25) is 4.79 Å². The fourth-order valence-electron chi connectivity index (χ4n) is 0.648. The Kier molecular flexibility index (Phi) is 3.25. The molecular weight excluding hydrogens is 168 g/mol. The van der Waals surface area contributed by atoms with Gasteiger partial charge in [0.2, 0.25) is 5.91 Å². The Labute approximate surface area is 76.6 Å². The average Bonchev–Trinajstić information content (AvgIpc) is 2.56. The van der Waals surface area contributed by atoms with Gasteiger partial charge in [0.25, 0.3) is 0 Å². The fourth-order valence-corrected chi connectivity index (χ4v) is 0.648. The van der Waals surface area contributed by atoms with Gasteiger partial charge in [-0.2, -0.15) is 5.10 Å². The zero-order valence-electron chi connectivity index (χ0n) is 7.65. The van der Waals surface area contributed by atoms with E-state index in [1.807, 2.05) is 13.8 Å². The number of furan rings is 1. The average molecular weight is 180 g/mol. The van der Waals surface area contributed by atoms with Crippen molar-refractivity contribution in [1.29, 1.82) is 0 Å². The van der Waals surface area contributed by atoms with Crippen molar-refractivity contribution in [2.45, 2.75) is 13.8 Å². The third kappa shape index (κ3) is 3.11. The van der Waals surface area contributed by atoms with Crippen molar-refractivity contribution in [3.05, 3.63) is 24.2 Å². The number of amides is 1. The molecule has 0 bridgehead atoms. The van der Waals surface area contributed by atoms with Gasteiger partial charge in [-0.1, -0.05) is 13.8 Å². The van der Waals surface area contributed by atoms with Gasteiger partial charge in [0, 0.05) is 11.5 Å². The highest BCUT2D eigenvalue weighted by atomic mass is 16.3. The molecule has 1 rings (SSSR count). The van der Waals surface area contributed by atoms with Crippen LogP contribution in [0.4, 0.5) is 0 Å². The standard InChI is InChI=1S/C9H12N2O2/c1-7(2)9(12)11-10-5-8-3-4-13-6-8/h3-7H,1-2H3,(H,11,12)/b10-5-. The van der Waals surface area contributed by atoms with Gasteiger partial charge in [-0.25, -0.2) is 5.43 Å². The van der Waals surface area contributed by atoms with Crippen LogP contribution in [-0.4, -0.2) is 12.1 Å². The molecule has 0 atom stereocenters. The minimum Gasteiger partial charge on any atom is -0.472 e. The lowest BCUT2D eigenvalue weighted by molar-refractivity contribution is -0.123. The second kappa shape index (κ2) is 4.45. The molecule has 1 aromatic heterocycles. The Morgan fingerprint density at radius 3 is 3.00 bits per heavy atom. The first-order chi connectivity index (χ1) is 6.20. The van der Waals surface area contributed by atoms with Crippen molar-refractivity contribution in [1.82, 2.24) is 5.43 Å². The van der Waals surface area contributed by atoms with Crippen LogP contribution in [0.3, 0.4) is 0 Å². The lowest BCUT2D eigenvalue weighted by atomic mass is 10.2. The molecule has 0 aromatic carbocycles. The van der Waals surface area contributed by atoms with Gasteiger partial charge in [-0.05, 0) is 6.07 Å². The molecule has 1 amide bonds. The largest absolute Gasteiger partial charge is 0.472 e. The van der Waals surface area contributed by atoms with Gasteiger partial charge in [-0.15, -0.1) is 0 Å². The molecular formula is C9H12N2O2. The number of nitrogens with zero attached hydrogens (tertiary/aromatic N) is 1. The molecule has 4 nitrogen and oxygen atoms in total. The summed E-state index contributed by atoms with van der Waals surface area (Å²) >= 11 is 0. The van der Waals surface area contributed by atoms with Crippen LogP contribution in [0.2, 0.25) is 0 Å². The van der Waals surface area contributed by atoms with Crippen molar-refractivity contribution >= 4 is 12.1 Å². The van der Waals surface area contributed by atoms with Crippen LogP contribution in [0, 0.1) is 5.92 Å². The number of hydrogen-bond donors (Lipinski definition) is 1. The van der Waals surface area contributed by atoms with Gasteiger partial charge >= 0.3 is 0 Å². The molecule has 4 heteroatoms. The predicted molar refractivity (Wildman–Crippen MR) is 49.3 cm³/mol. The normalized spacial score (nSPS) is 11.0. The Balaban J connectivity index is 2.39. The summed E-state index contributed by atoms with van der Waals surface area (Å²) in [4.78, 5) is 11.0. The molecule has 0 spiro atoms. The van der Waals surface area contributed by atoms with E-state index in [0.717, 1.165) is 5.56 Å². The summed E-state index contributed by atoms with van der Waals surface area (Å²) in [7, 11) is 0. The molecule has 0 fully saturated rings. The Morgan fingerprint density at radius 1 is 1.69 bits per heavy atom. The summed E-state index contributed by atoms with van der Waals surface area (Å²) in [5.74, 6) is -0.152. The van der Waals surface area contributed by atoms with Crippen molar-refractivity contribution < 1.29 is 9.21 Å². The number of rotatable bonds is 3. The predicted octanol–water partition coefficient (Wildman–Crippen LogP) is 1.39. The summed E-state index contributed by atoms with van der Waals surface area (Å²) < 4.78 is 4.82. The summed E-state index contributed by atoms with van der Waals surface area (Å²) in [5.41, 5.74) is 3.23. The van der Waals surface area contributed by atoms with Crippen LogP contribution in [0.25, 0.3) is 0 Å². The maximum absolute atomic E-state index is 11.0. The Bertz CT molecular complexity index is 289. The molecule has 0 unspecified atom stereocenters. The first kappa shape index (κ1) is 9.51. The highest BCUT2D eigenvalue weighted by Crippen LogP contribution is 1.95. The first-order valence-electron chi connectivity index (χ1n) is 4.05. The lowest BCUT2D eigenvalue weighted by Gasteiger charge is -2.00. The van der Waals surface area contributed by atoms with E-state index in [0.29, 0.717) is 0 Å². The topological polar surface area (TPSA) is 54.6 Å². The number of carbonyl (C=O) groups is 1. The van der Waals surface area contributed by atoms with Gasteiger partial charge < -0.3 is 4.42 Å². The van der Waals surface area contributed by atoms with E-state index in [2.05, 4.69) is 10.5 Å².